The first-order valence-electron chi connectivity index (χ1n) is 14.9. The van der Waals surface area contributed by atoms with E-state index in [0.717, 1.165) is 19.3 Å². The van der Waals surface area contributed by atoms with Crippen LogP contribution < -0.4 is 0 Å². The number of carbonyl (C=O) groups is 1. The van der Waals surface area contributed by atoms with Crippen LogP contribution in [0.5, 0.6) is 0 Å². The average molecular weight is 583 g/mol. The van der Waals surface area contributed by atoms with Crippen molar-refractivity contribution in [3.8, 4) is 0 Å². The van der Waals surface area contributed by atoms with E-state index in [4.69, 9.17) is 13.6 Å². The molecule has 40 heavy (non-hydrogen) atoms. The van der Waals surface area contributed by atoms with Gasteiger partial charge in [-0.1, -0.05) is 84.0 Å². The Morgan fingerprint density at radius 3 is 1.77 bits per heavy atom. The quantitative estimate of drug-likeness (QED) is 0.102. The number of unbranched alkanes of at least 4 members (excludes halogenated alkanes) is 1. The molecule has 0 heterocycles. The van der Waals surface area contributed by atoms with Gasteiger partial charge >= 0.3 is 5.97 Å². The second-order valence-corrected chi connectivity index (χ2v) is 18.4. The molecule has 0 radical (unpaired) electrons. The summed E-state index contributed by atoms with van der Waals surface area (Å²) in [5.41, 5.74) is 6.04. The minimum Gasteiger partial charge on any atom is -0.469 e. The normalized spacial score (nSPS) is 14.2. The molecule has 0 bridgehead atoms. The van der Waals surface area contributed by atoms with Crippen molar-refractivity contribution in [2.75, 3.05) is 7.11 Å². The summed E-state index contributed by atoms with van der Waals surface area (Å²) in [5, 5.41) is 0. The Bertz CT molecular complexity index is 1060. The zero-order valence-corrected chi connectivity index (χ0v) is 29.3. The fourth-order valence-electron chi connectivity index (χ4n) is 4.96. The number of carbonyl (C=O) groups excluding carboxylic acids is 1. The molecule has 2 rings (SSSR count). The van der Waals surface area contributed by atoms with Crippen LogP contribution in [0.3, 0.4) is 0 Å². The third-order valence-corrected chi connectivity index (χ3v) is 8.37. The number of hydrogen-bond donors (Lipinski definition) is 0. The van der Waals surface area contributed by atoms with Gasteiger partial charge in [0.1, 0.15) is 0 Å². The lowest BCUT2D eigenvalue weighted by Crippen LogP contribution is -2.28. The minimum atomic E-state index is -1.27. The number of hydrogen-bond acceptors (Lipinski definition) is 4. The predicted octanol–water partition coefficient (Wildman–Crippen LogP) is 8.92. The molecular formula is C34H54O4Si2. The Morgan fingerprint density at radius 2 is 1.30 bits per heavy atom. The van der Waals surface area contributed by atoms with Crippen LogP contribution in [0.2, 0.25) is 26.2 Å². The first kappa shape index (κ1) is 34.2. The van der Waals surface area contributed by atoms with Crippen molar-refractivity contribution in [2.24, 2.45) is 10.8 Å². The van der Waals surface area contributed by atoms with Gasteiger partial charge in [0.25, 0.3) is 0 Å². The summed E-state index contributed by atoms with van der Waals surface area (Å²) < 4.78 is 18.1. The molecule has 0 amide bonds. The van der Waals surface area contributed by atoms with E-state index in [-0.39, 0.29) is 29.0 Å². The maximum atomic E-state index is 11.4. The van der Waals surface area contributed by atoms with E-state index >= 15 is 0 Å². The van der Waals surface area contributed by atoms with E-state index in [9.17, 15) is 4.79 Å². The third-order valence-electron chi connectivity index (χ3n) is 6.74. The molecule has 0 saturated carbocycles. The average Bonchev–Trinajstić information content (AvgIpc) is 2.85. The monoisotopic (exact) mass is 582 g/mol. The van der Waals surface area contributed by atoms with Crippen LogP contribution in [0.1, 0.15) is 101 Å². The van der Waals surface area contributed by atoms with Gasteiger partial charge in [-0.05, 0) is 96.2 Å². The molecule has 0 aliphatic rings. The van der Waals surface area contributed by atoms with Crippen molar-refractivity contribution in [2.45, 2.75) is 106 Å². The van der Waals surface area contributed by atoms with Crippen molar-refractivity contribution in [1.29, 1.82) is 0 Å². The van der Waals surface area contributed by atoms with Gasteiger partial charge in [0.15, 0.2) is 18.1 Å². The lowest BCUT2D eigenvalue weighted by atomic mass is 9.80. The fraction of sp³-hybridized carbons (Fsp3) is 0.559. The van der Waals surface area contributed by atoms with Crippen LogP contribution in [0, 0.1) is 10.8 Å². The number of rotatable bonds is 13. The van der Waals surface area contributed by atoms with Crippen LogP contribution >= 0.6 is 0 Å². The van der Waals surface area contributed by atoms with Gasteiger partial charge < -0.3 is 13.6 Å². The first-order chi connectivity index (χ1) is 18.6. The van der Waals surface area contributed by atoms with Crippen molar-refractivity contribution in [3.05, 3.63) is 70.3 Å². The Kier molecular flexibility index (Phi) is 13.1. The minimum absolute atomic E-state index is 0.0238. The number of benzene rings is 2. The lowest BCUT2D eigenvalue weighted by molar-refractivity contribution is -0.140. The van der Waals surface area contributed by atoms with Crippen LogP contribution in [0.15, 0.2) is 42.5 Å². The SMILES string of the molecule is COC(=O)CCCCc1cccc(/C=C/c2cc(C(O[SiH](C)C)C(C)(C)C)cc(C(O[SiH](C)C)C(C)(C)C)c2)c1. The summed E-state index contributed by atoms with van der Waals surface area (Å²) in [6.45, 7) is 22.6. The van der Waals surface area contributed by atoms with Crippen LogP contribution in [-0.2, 0) is 24.8 Å². The molecule has 0 aliphatic heterocycles. The van der Waals surface area contributed by atoms with Gasteiger partial charge in [-0.25, -0.2) is 0 Å². The highest BCUT2D eigenvalue weighted by molar-refractivity contribution is 6.48. The van der Waals surface area contributed by atoms with E-state index in [1.807, 2.05) is 0 Å². The second-order valence-electron chi connectivity index (χ2n) is 13.7. The molecule has 0 saturated heterocycles. The van der Waals surface area contributed by atoms with Gasteiger partial charge in [0.05, 0.1) is 19.3 Å². The van der Waals surface area contributed by atoms with Crippen molar-refractivity contribution >= 4 is 36.2 Å². The molecule has 2 aromatic carbocycles. The number of ether oxygens (including phenoxy) is 1. The highest BCUT2D eigenvalue weighted by Crippen LogP contribution is 2.42. The summed E-state index contributed by atoms with van der Waals surface area (Å²) >= 11 is 0. The summed E-state index contributed by atoms with van der Waals surface area (Å²) in [6, 6.07) is 15.6. The molecule has 0 N–H and O–H groups in total. The number of methoxy groups -OCH3 is 1. The Hall–Kier alpha value is -2.00. The van der Waals surface area contributed by atoms with Gasteiger partial charge in [0.2, 0.25) is 0 Å². The molecule has 2 aromatic rings. The molecule has 0 aromatic heterocycles. The largest absolute Gasteiger partial charge is 0.469 e. The molecular weight excluding hydrogens is 529 g/mol. The molecule has 0 aliphatic carbocycles. The van der Waals surface area contributed by atoms with Crippen molar-refractivity contribution in [3.63, 3.8) is 0 Å². The van der Waals surface area contributed by atoms with E-state index < -0.39 is 18.1 Å². The van der Waals surface area contributed by atoms with Crippen molar-refractivity contribution < 1.29 is 18.4 Å². The number of aryl methyl sites for hydroxylation is 1. The smallest absolute Gasteiger partial charge is 0.305 e. The molecule has 4 nitrogen and oxygen atoms in total. The van der Waals surface area contributed by atoms with Crippen LogP contribution in [0.25, 0.3) is 12.2 Å². The predicted molar refractivity (Wildman–Crippen MR) is 176 cm³/mol. The van der Waals surface area contributed by atoms with E-state index in [0.29, 0.717) is 6.42 Å². The Balaban J connectivity index is 2.46. The van der Waals surface area contributed by atoms with Gasteiger partial charge in [-0.2, -0.15) is 0 Å². The zero-order valence-electron chi connectivity index (χ0n) is 27.0. The molecule has 0 fully saturated rings. The highest BCUT2D eigenvalue weighted by atomic mass is 28.3. The summed E-state index contributed by atoms with van der Waals surface area (Å²) in [6.07, 6.45) is 7.71. The standard InChI is InChI=1S/C34H54O4Si2/c1-33(2,3)31(37-39(8)9)28-22-27(23-29(24-28)32(34(4,5)6)38-40(10)11)20-19-26-17-14-16-25(21-26)15-12-13-18-30(35)36-7/h14,16-17,19-24,31-32,39-40H,12-13,15,18H2,1-11H3/b20-19+. The third kappa shape index (κ3) is 11.5. The van der Waals surface area contributed by atoms with Crippen LogP contribution in [-0.4, -0.2) is 31.2 Å². The van der Waals surface area contributed by atoms with Gasteiger partial charge in [-0.3, -0.25) is 4.79 Å². The molecule has 0 spiro atoms. The summed E-state index contributed by atoms with van der Waals surface area (Å²) in [4.78, 5) is 11.4. The Labute approximate surface area is 248 Å². The van der Waals surface area contributed by atoms with Crippen LogP contribution in [0.4, 0.5) is 0 Å². The highest BCUT2D eigenvalue weighted by Gasteiger charge is 2.32. The molecule has 222 valence electrons. The van der Waals surface area contributed by atoms with Crippen molar-refractivity contribution in [1.82, 2.24) is 0 Å². The molecule has 6 heteroatoms. The van der Waals surface area contributed by atoms with E-state index in [1.165, 1.54) is 34.9 Å². The fourth-order valence-corrected chi connectivity index (χ4v) is 7.18. The molecule has 2 atom stereocenters. The maximum Gasteiger partial charge on any atom is 0.305 e. The second kappa shape index (κ2) is 15.3. The maximum absolute atomic E-state index is 11.4. The summed E-state index contributed by atoms with van der Waals surface area (Å²) in [7, 11) is -1.09. The zero-order chi connectivity index (χ0) is 30.1. The number of esters is 1. The Morgan fingerprint density at radius 1 is 0.775 bits per heavy atom. The first-order valence-corrected chi connectivity index (χ1v) is 20.5. The van der Waals surface area contributed by atoms with Gasteiger partial charge in [-0.15, -0.1) is 0 Å². The van der Waals surface area contributed by atoms with Gasteiger partial charge in [0, 0.05) is 6.42 Å². The van der Waals surface area contributed by atoms with E-state index in [2.05, 4.69) is 122 Å². The topological polar surface area (TPSA) is 44.8 Å². The van der Waals surface area contributed by atoms with E-state index in [1.54, 1.807) is 0 Å². The lowest BCUT2D eigenvalue weighted by Gasteiger charge is -2.36. The summed E-state index contributed by atoms with van der Waals surface area (Å²) in [5.74, 6) is -0.136. The molecule has 2 unspecified atom stereocenters.